The molecule has 0 aromatic heterocycles. The summed E-state index contributed by atoms with van der Waals surface area (Å²) in [7, 11) is 0. The lowest BCUT2D eigenvalue weighted by Gasteiger charge is -2.27. The number of carbonyl (C=O) groups is 1. The highest BCUT2D eigenvalue weighted by molar-refractivity contribution is 5.60. The number of carbonyl (C=O) groups excluding carboxylic acids is 1. The van der Waals surface area contributed by atoms with E-state index >= 15 is 0 Å². The highest BCUT2D eigenvalue weighted by atomic mass is 17.2. The lowest BCUT2D eigenvalue weighted by atomic mass is 9.99. The molecule has 2 rings (SSSR count). The Bertz CT molecular complexity index is 825. The van der Waals surface area contributed by atoms with Crippen LogP contribution < -0.4 is 0 Å². The molecule has 0 N–H and O–H groups in total. The van der Waals surface area contributed by atoms with E-state index in [2.05, 4.69) is 0 Å². The normalized spacial score (nSPS) is 15.6. The van der Waals surface area contributed by atoms with Crippen molar-refractivity contribution in [3.05, 3.63) is 71.8 Å². The molecule has 2 aromatic carbocycles. The van der Waals surface area contributed by atoms with E-state index in [9.17, 15) is 4.79 Å². The van der Waals surface area contributed by atoms with Crippen LogP contribution in [0.1, 0.15) is 79.4 Å². The van der Waals surface area contributed by atoms with Gasteiger partial charge in [-0.3, -0.25) is 0 Å². The molecule has 0 heterocycles. The standard InChI is InChI=1S/C29H42O7/c1-21(19-23(3)33-35-28(5,6)25-15-11-9-12-16-25)31-27(30)32-22(2)20-24(4)34-36-29(7,8)26-17-13-10-14-18-26/h9-18,21-24H,19-20H2,1-8H3. The minimum absolute atomic E-state index is 0.285. The van der Waals surface area contributed by atoms with Crippen LogP contribution in [0.15, 0.2) is 60.7 Å². The lowest BCUT2D eigenvalue weighted by Crippen LogP contribution is -2.29. The van der Waals surface area contributed by atoms with Gasteiger partial charge in [-0.15, -0.1) is 0 Å². The van der Waals surface area contributed by atoms with Gasteiger partial charge in [0.1, 0.15) is 23.4 Å². The van der Waals surface area contributed by atoms with Crippen LogP contribution in [0.5, 0.6) is 0 Å². The lowest BCUT2D eigenvalue weighted by molar-refractivity contribution is -0.381. The van der Waals surface area contributed by atoms with Crippen molar-refractivity contribution in [1.82, 2.24) is 0 Å². The quantitative estimate of drug-likeness (QED) is 0.153. The minimum Gasteiger partial charge on any atom is -0.431 e. The molecule has 7 heteroatoms. The summed E-state index contributed by atoms with van der Waals surface area (Å²) in [5.74, 6) is 0. The zero-order valence-electron chi connectivity index (χ0n) is 22.9. The van der Waals surface area contributed by atoms with Gasteiger partial charge in [0.25, 0.3) is 0 Å². The number of rotatable bonds is 14. The second kappa shape index (κ2) is 13.7. The van der Waals surface area contributed by atoms with Crippen LogP contribution in [0.25, 0.3) is 0 Å². The zero-order valence-corrected chi connectivity index (χ0v) is 22.9. The van der Waals surface area contributed by atoms with E-state index in [0.29, 0.717) is 12.8 Å². The van der Waals surface area contributed by atoms with Crippen molar-refractivity contribution in [1.29, 1.82) is 0 Å². The van der Waals surface area contributed by atoms with E-state index in [-0.39, 0.29) is 12.2 Å². The summed E-state index contributed by atoms with van der Waals surface area (Å²) < 4.78 is 10.8. The van der Waals surface area contributed by atoms with Gasteiger partial charge in [0, 0.05) is 12.8 Å². The SMILES string of the molecule is CC(CC(C)OC(=O)OC(C)CC(C)OOC(C)(C)c1ccccc1)OOC(C)(C)c1ccccc1. The topological polar surface area (TPSA) is 72.5 Å². The van der Waals surface area contributed by atoms with Crippen molar-refractivity contribution >= 4 is 6.16 Å². The second-order valence-electron chi connectivity index (χ2n) is 10.3. The molecule has 0 aliphatic carbocycles. The van der Waals surface area contributed by atoms with Gasteiger partial charge in [0.2, 0.25) is 0 Å². The first-order chi connectivity index (χ1) is 16.9. The molecule has 0 aliphatic rings. The fourth-order valence-corrected chi connectivity index (χ4v) is 3.65. The predicted molar refractivity (Wildman–Crippen MR) is 138 cm³/mol. The van der Waals surface area contributed by atoms with Crippen LogP contribution >= 0.6 is 0 Å². The predicted octanol–water partition coefficient (Wildman–Crippen LogP) is 7.24. The van der Waals surface area contributed by atoms with Gasteiger partial charge in [-0.25, -0.2) is 24.3 Å². The third kappa shape index (κ3) is 10.3. The molecule has 2 aromatic rings. The van der Waals surface area contributed by atoms with Crippen molar-refractivity contribution in [2.75, 3.05) is 0 Å². The van der Waals surface area contributed by atoms with Gasteiger partial charge in [-0.1, -0.05) is 60.7 Å². The van der Waals surface area contributed by atoms with Crippen LogP contribution in [-0.4, -0.2) is 30.6 Å². The summed E-state index contributed by atoms with van der Waals surface area (Å²) in [6.45, 7) is 15.1. The van der Waals surface area contributed by atoms with Gasteiger partial charge in [0.05, 0.1) is 12.2 Å². The number of hydrogen-bond donors (Lipinski definition) is 0. The summed E-state index contributed by atoms with van der Waals surface area (Å²) >= 11 is 0. The Balaban J connectivity index is 1.68. The largest absolute Gasteiger partial charge is 0.508 e. The van der Waals surface area contributed by atoms with Crippen LogP contribution in [0.2, 0.25) is 0 Å². The fourth-order valence-electron chi connectivity index (χ4n) is 3.65. The van der Waals surface area contributed by atoms with E-state index in [1.54, 1.807) is 13.8 Å². The van der Waals surface area contributed by atoms with Gasteiger partial charge < -0.3 is 9.47 Å². The first-order valence-corrected chi connectivity index (χ1v) is 12.6. The fraction of sp³-hybridized carbons (Fsp3) is 0.552. The smallest absolute Gasteiger partial charge is 0.431 e. The van der Waals surface area contributed by atoms with Crippen molar-refractivity contribution < 1.29 is 33.8 Å². The van der Waals surface area contributed by atoms with E-state index in [0.717, 1.165) is 11.1 Å². The van der Waals surface area contributed by atoms with Gasteiger partial charge in [-0.2, -0.15) is 0 Å². The molecule has 0 saturated carbocycles. The van der Waals surface area contributed by atoms with E-state index < -0.39 is 29.6 Å². The van der Waals surface area contributed by atoms with Crippen LogP contribution in [0.3, 0.4) is 0 Å². The molecule has 0 bridgehead atoms. The Labute approximate surface area is 215 Å². The Hall–Kier alpha value is -2.45. The van der Waals surface area contributed by atoms with Crippen LogP contribution in [-0.2, 0) is 40.2 Å². The van der Waals surface area contributed by atoms with Crippen LogP contribution in [0, 0.1) is 0 Å². The van der Waals surface area contributed by atoms with E-state index in [4.69, 9.17) is 29.0 Å². The maximum absolute atomic E-state index is 12.2. The summed E-state index contributed by atoms with van der Waals surface area (Å²) in [6, 6.07) is 19.7. The Morgan fingerprint density at radius 3 is 1.28 bits per heavy atom. The summed E-state index contributed by atoms with van der Waals surface area (Å²) in [5, 5.41) is 0. The van der Waals surface area contributed by atoms with E-state index in [1.165, 1.54) is 0 Å². The maximum Gasteiger partial charge on any atom is 0.508 e. The first-order valence-electron chi connectivity index (χ1n) is 12.6. The summed E-state index contributed by atoms with van der Waals surface area (Å²) in [6.07, 6.45) is -1.21. The molecule has 0 spiro atoms. The molecule has 7 nitrogen and oxygen atoms in total. The average Bonchev–Trinajstić information content (AvgIpc) is 2.82. The van der Waals surface area contributed by atoms with Crippen molar-refractivity contribution in [2.45, 2.75) is 104 Å². The monoisotopic (exact) mass is 502 g/mol. The van der Waals surface area contributed by atoms with Gasteiger partial charge in [-0.05, 0) is 66.5 Å². The molecule has 0 radical (unpaired) electrons. The van der Waals surface area contributed by atoms with Crippen molar-refractivity contribution in [3.63, 3.8) is 0 Å². The third-order valence-corrected chi connectivity index (χ3v) is 5.70. The zero-order chi connectivity index (χ0) is 26.8. The average molecular weight is 503 g/mol. The molecule has 0 aliphatic heterocycles. The molecular formula is C29H42O7. The molecule has 200 valence electrons. The molecule has 4 atom stereocenters. The summed E-state index contributed by atoms with van der Waals surface area (Å²) in [5.41, 5.74) is 0.803. The van der Waals surface area contributed by atoms with Gasteiger partial charge >= 0.3 is 6.16 Å². The Morgan fingerprint density at radius 1 is 0.611 bits per heavy atom. The third-order valence-electron chi connectivity index (χ3n) is 5.70. The number of benzene rings is 2. The molecule has 0 saturated heterocycles. The van der Waals surface area contributed by atoms with Crippen molar-refractivity contribution in [3.8, 4) is 0 Å². The molecule has 4 unspecified atom stereocenters. The second-order valence-corrected chi connectivity index (χ2v) is 10.3. The molecule has 0 amide bonds. The highest BCUT2D eigenvalue weighted by Gasteiger charge is 2.26. The Morgan fingerprint density at radius 2 is 0.944 bits per heavy atom. The Kier molecular flexibility index (Phi) is 11.4. The first kappa shape index (κ1) is 29.8. The van der Waals surface area contributed by atoms with E-state index in [1.807, 2.05) is 102 Å². The maximum atomic E-state index is 12.2. The van der Waals surface area contributed by atoms with Crippen LogP contribution in [0.4, 0.5) is 4.79 Å². The molecule has 36 heavy (non-hydrogen) atoms. The minimum atomic E-state index is -0.731. The molecular weight excluding hydrogens is 460 g/mol. The number of hydrogen-bond acceptors (Lipinski definition) is 7. The van der Waals surface area contributed by atoms with Gasteiger partial charge in [0.15, 0.2) is 0 Å². The highest BCUT2D eigenvalue weighted by Crippen LogP contribution is 2.27. The van der Waals surface area contributed by atoms with Crippen molar-refractivity contribution in [2.24, 2.45) is 0 Å². The number of ether oxygens (including phenoxy) is 2. The summed E-state index contributed by atoms with van der Waals surface area (Å²) in [4.78, 5) is 34.7. The molecule has 0 fully saturated rings.